The van der Waals surface area contributed by atoms with Crippen LogP contribution >= 0.6 is 11.3 Å². The summed E-state index contributed by atoms with van der Waals surface area (Å²) in [6.07, 6.45) is 3.52. The summed E-state index contributed by atoms with van der Waals surface area (Å²) >= 11 is 1.52. The van der Waals surface area contributed by atoms with Crippen LogP contribution in [0.25, 0.3) is 10.7 Å². The lowest BCUT2D eigenvalue weighted by atomic mass is 10.5. The van der Waals surface area contributed by atoms with Crippen molar-refractivity contribution in [2.24, 2.45) is 7.05 Å². The summed E-state index contributed by atoms with van der Waals surface area (Å²) in [6.45, 7) is 0. The summed E-state index contributed by atoms with van der Waals surface area (Å²) in [5.74, 6) is 0.566. The summed E-state index contributed by atoms with van der Waals surface area (Å²) in [4.78, 5) is 8.15. The summed E-state index contributed by atoms with van der Waals surface area (Å²) in [7, 11) is 1.93. The molecule has 0 spiro atoms. The third kappa shape index (κ3) is 1.08. The van der Waals surface area contributed by atoms with Crippen LogP contribution in [0.1, 0.15) is 0 Å². The van der Waals surface area contributed by atoms with Gasteiger partial charge in [-0.1, -0.05) is 0 Å². The number of hydrogen-bond acceptors (Lipinski definition) is 4. The van der Waals surface area contributed by atoms with Crippen LogP contribution in [0.4, 0.5) is 5.82 Å². The first-order valence-corrected chi connectivity index (χ1v) is 4.33. The number of aryl methyl sites for hydroxylation is 1. The first kappa shape index (κ1) is 7.30. The fourth-order valence-electron chi connectivity index (χ4n) is 0.967. The fourth-order valence-corrected chi connectivity index (χ4v) is 1.73. The molecule has 0 aliphatic carbocycles. The van der Waals surface area contributed by atoms with Crippen LogP contribution in [-0.4, -0.2) is 14.5 Å². The highest BCUT2D eigenvalue weighted by atomic mass is 32.1. The highest BCUT2D eigenvalue weighted by Crippen LogP contribution is 2.23. The number of hydrogen-bond donors (Lipinski definition) is 1. The molecular formula is C7H8N4S. The highest BCUT2D eigenvalue weighted by Gasteiger charge is 2.05. The summed E-state index contributed by atoms with van der Waals surface area (Å²) in [5, 5.41) is 2.73. The van der Waals surface area contributed by atoms with E-state index in [2.05, 4.69) is 9.97 Å². The Labute approximate surface area is 73.7 Å². The van der Waals surface area contributed by atoms with Crippen LogP contribution in [0.5, 0.6) is 0 Å². The zero-order chi connectivity index (χ0) is 8.55. The Hall–Kier alpha value is -1.36. The van der Waals surface area contributed by atoms with Gasteiger partial charge in [-0.05, 0) is 0 Å². The lowest BCUT2D eigenvalue weighted by Gasteiger charge is -1.94. The molecule has 0 aliphatic rings. The molecule has 0 bridgehead atoms. The van der Waals surface area contributed by atoms with Crippen molar-refractivity contribution in [2.45, 2.75) is 0 Å². The number of imidazole rings is 1. The van der Waals surface area contributed by atoms with E-state index in [1.54, 1.807) is 12.5 Å². The number of nitrogens with two attached hydrogens (primary N) is 1. The second kappa shape index (κ2) is 2.60. The van der Waals surface area contributed by atoms with Gasteiger partial charge in [0, 0.05) is 12.4 Å². The monoisotopic (exact) mass is 180 g/mol. The molecule has 0 atom stereocenters. The van der Waals surface area contributed by atoms with Crippen LogP contribution in [0.3, 0.4) is 0 Å². The Balaban J connectivity index is 2.50. The van der Waals surface area contributed by atoms with E-state index in [9.17, 15) is 0 Å². The van der Waals surface area contributed by atoms with Gasteiger partial charge in [-0.15, -0.1) is 11.3 Å². The van der Waals surface area contributed by atoms with Crippen LogP contribution in [0.2, 0.25) is 0 Å². The van der Waals surface area contributed by atoms with E-state index in [0.29, 0.717) is 5.82 Å². The molecule has 2 aromatic heterocycles. The van der Waals surface area contributed by atoms with Crippen LogP contribution in [-0.2, 0) is 7.05 Å². The summed E-state index contributed by atoms with van der Waals surface area (Å²) in [6, 6.07) is 0. The molecule has 0 unspecified atom stereocenters. The normalized spacial score (nSPS) is 10.4. The Morgan fingerprint density at radius 3 is 2.92 bits per heavy atom. The Morgan fingerprint density at radius 2 is 2.42 bits per heavy atom. The van der Waals surface area contributed by atoms with Crippen molar-refractivity contribution < 1.29 is 0 Å². The van der Waals surface area contributed by atoms with E-state index in [0.717, 1.165) is 10.7 Å². The molecule has 0 amide bonds. The molecular weight excluding hydrogens is 172 g/mol. The van der Waals surface area contributed by atoms with Gasteiger partial charge >= 0.3 is 0 Å². The summed E-state index contributed by atoms with van der Waals surface area (Å²) in [5.41, 5.74) is 6.50. The average Bonchev–Trinajstić information content (AvgIpc) is 2.58. The molecule has 2 aromatic rings. The SMILES string of the molecule is Cn1cncc1-c1nc(N)cs1. The third-order valence-corrected chi connectivity index (χ3v) is 2.44. The van der Waals surface area contributed by atoms with Gasteiger partial charge < -0.3 is 10.3 Å². The third-order valence-electron chi connectivity index (χ3n) is 1.56. The van der Waals surface area contributed by atoms with E-state index < -0.39 is 0 Å². The number of nitrogen functional groups attached to an aromatic ring is 1. The molecule has 2 N–H and O–H groups in total. The average molecular weight is 180 g/mol. The van der Waals surface area contributed by atoms with Crippen molar-refractivity contribution in [2.75, 3.05) is 5.73 Å². The minimum Gasteiger partial charge on any atom is -0.383 e. The maximum Gasteiger partial charge on any atom is 0.143 e. The molecule has 62 valence electrons. The molecule has 5 heteroatoms. The maximum atomic E-state index is 5.50. The molecule has 0 aromatic carbocycles. The Bertz CT molecular complexity index is 390. The largest absolute Gasteiger partial charge is 0.383 e. The molecule has 4 nitrogen and oxygen atoms in total. The Morgan fingerprint density at radius 1 is 1.58 bits per heavy atom. The van der Waals surface area contributed by atoms with E-state index in [1.807, 2.05) is 17.0 Å². The smallest absolute Gasteiger partial charge is 0.143 e. The minimum absolute atomic E-state index is 0.566. The molecule has 0 saturated heterocycles. The lowest BCUT2D eigenvalue weighted by molar-refractivity contribution is 0.920. The van der Waals surface area contributed by atoms with Gasteiger partial charge in [0.2, 0.25) is 0 Å². The van der Waals surface area contributed by atoms with E-state index >= 15 is 0 Å². The summed E-state index contributed by atoms with van der Waals surface area (Å²) < 4.78 is 1.91. The van der Waals surface area contributed by atoms with Gasteiger partial charge in [-0.25, -0.2) is 9.97 Å². The maximum absolute atomic E-state index is 5.50. The van der Waals surface area contributed by atoms with Gasteiger partial charge in [-0.2, -0.15) is 0 Å². The van der Waals surface area contributed by atoms with Gasteiger partial charge in [0.05, 0.1) is 18.2 Å². The first-order chi connectivity index (χ1) is 5.77. The van der Waals surface area contributed by atoms with Crippen LogP contribution in [0, 0.1) is 0 Å². The van der Waals surface area contributed by atoms with E-state index in [1.165, 1.54) is 11.3 Å². The van der Waals surface area contributed by atoms with Gasteiger partial charge in [-0.3, -0.25) is 0 Å². The molecule has 2 heterocycles. The number of aromatic nitrogens is 3. The lowest BCUT2D eigenvalue weighted by Crippen LogP contribution is -1.89. The number of rotatable bonds is 1. The fraction of sp³-hybridized carbons (Fsp3) is 0.143. The van der Waals surface area contributed by atoms with Gasteiger partial charge in [0.1, 0.15) is 10.8 Å². The van der Waals surface area contributed by atoms with Crippen molar-refractivity contribution in [3.63, 3.8) is 0 Å². The predicted octanol–water partition coefficient (Wildman–Crippen LogP) is 1.13. The van der Waals surface area contributed by atoms with Crippen molar-refractivity contribution in [3.8, 4) is 10.7 Å². The highest BCUT2D eigenvalue weighted by molar-refractivity contribution is 7.13. The van der Waals surface area contributed by atoms with Crippen LogP contribution < -0.4 is 5.73 Å². The minimum atomic E-state index is 0.566. The van der Waals surface area contributed by atoms with Crippen molar-refractivity contribution in [1.82, 2.24) is 14.5 Å². The second-order valence-electron chi connectivity index (χ2n) is 2.47. The molecule has 0 saturated carbocycles. The Kier molecular flexibility index (Phi) is 1.58. The quantitative estimate of drug-likeness (QED) is 0.715. The number of anilines is 1. The molecule has 12 heavy (non-hydrogen) atoms. The molecule has 0 radical (unpaired) electrons. The van der Waals surface area contributed by atoms with Crippen LogP contribution in [0.15, 0.2) is 17.9 Å². The molecule has 2 rings (SSSR count). The number of thiazole rings is 1. The zero-order valence-corrected chi connectivity index (χ0v) is 7.38. The molecule has 0 aliphatic heterocycles. The van der Waals surface area contributed by atoms with Crippen molar-refractivity contribution >= 4 is 17.2 Å². The second-order valence-corrected chi connectivity index (χ2v) is 3.33. The zero-order valence-electron chi connectivity index (χ0n) is 6.56. The van der Waals surface area contributed by atoms with Gasteiger partial charge in [0.15, 0.2) is 0 Å². The number of nitrogens with zero attached hydrogens (tertiary/aromatic N) is 3. The standard InChI is InChI=1S/C7H8N4S/c1-11-4-9-2-5(11)7-10-6(8)3-12-7/h2-4H,8H2,1H3. The van der Waals surface area contributed by atoms with E-state index in [4.69, 9.17) is 5.73 Å². The molecule has 0 fully saturated rings. The van der Waals surface area contributed by atoms with Crippen molar-refractivity contribution in [1.29, 1.82) is 0 Å². The first-order valence-electron chi connectivity index (χ1n) is 3.45. The predicted molar refractivity (Wildman–Crippen MR) is 48.7 cm³/mol. The topological polar surface area (TPSA) is 56.7 Å². The van der Waals surface area contributed by atoms with Gasteiger partial charge in [0.25, 0.3) is 0 Å². The van der Waals surface area contributed by atoms with E-state index in [-0.39, 0.29) is 0 Å². The van der Waals surface area contributed by atoms with Crippen molar-refractivity contribution in [3.05, 3.63) is 17.9 Å².